The zero-order chi connectivity index (χ0) is 15.4. The molecule has 1 aliphatic heterocycles. The van der Waals surface area contributed by atoms with Crippen LogP contribution in [0, 0.1) is 0 Å². The average molecular weight is 293 g/mol. The molecule has 1 aromatic rings. The summed E-state index contributed by atoms with van der Waals surface area (Å²) in [4.78, 5) is 44.5. The number of H-pyrrole nitrogens is 1. The first kappa shape index (κ1) is 15.0. The zero-order valence-electron chi connectivity index (χ0n) is 12.1. The summed E-state index contributed by atoms with van der Waals surface area (Å²) in [5, 5.41) is 2.81. The molecule has 2 N–H and O–H groups in total. The second-order valence-corrected chi connectivity index (χ2v) is 5.05. The number of carbonyl (C=O) groups excluding carboxylic acids is 3. The number of hydrogen-bond acceptors (Lipinski definition) is 4. The summed E-state index contributed by atoms with van der Waals surface area (Å²) in [7, 11) is 1.58. The SMILES string of the molecule is CC(NC(=O)CCCN1C(=O)CN(C)C1=O)c1ncc[nH]1. The van der Waals surface area contributed by atoms with Gasteiger partial charge >= 0.3 is 6.03 Å². The maximum atomic E-state index is 11.8. The maximum absolute atomic E-state index is 11.8. The van der Waals surface area contributed by atoms with E-state index >= 15 is 0 Å². The van der Waals surface area contributed by atoms with Crippen LogP contribution in [0.3, 0.4) is 0 Å². The van der Waals surface area contributed by atoms with Crippen LogP contribution in [0.5, 0.6) is 0 Å². The monoisotopic (exact) mass is 293 g/mol. The van der Waals surface area contributed by atoms with Crippen LogP contribution in [0.2, 0.25) is 0 Å². The molecule has 8 nitrogen and oxygen atoms in total. The Morgan fingerprint density at radius 3 is 2.86 bits per heavy atom. The summed E-state index contributed by atoms with van der Waals surface area (Å²) < 4.78 is 0. The van der Waals surface area contributed by atoms with E-state index in [2.05, 4.69) is 15.3 Å². The number of urea groups is 1. The summed E-state index contributed by atoms with van der Waals surface area (Å²) >= 11 is 0. The molecular formula is C13H19N5O3. The van der Waals surface area contributed by atoms with Gasteiger partial charge in [0.05, 0.1) is 6.04 Å². The van der Waals surface area contributed by atoms with Crippen molar-refractivity contribution in [3.05, 3.63) is 18.2 Å². The van der Waals surface area contributed by atoms with Gasteiger partial charge in [-0.15, -0.1) is 0 Å². The minimum Gasteiger partial charge on any atom is -0.347 e. The van der Waals surface area contributed by atoms with Crippen LogP contribution in [0.15, 0.2) is 12.4 Å². The Hall–Kier alpha value is -2.38. The van der Waals surface area contributed by atoms with Gasteiger partial charge in [0.2, 0.25) is 11.8 Å². The lowest BCUT2D eigenvalue weighted by molar-refractivity contribution is -0.126. The summed E-state index contributed by atoms with van der Waals surface area (Å²) in [5.74, 6) is 0.341. The molecule has 21 heavy (non-hydrogen) atoms. The smallest absolute Gasteiger partial charge is 0.326 e. The van der Waals surface area contributed by atoms with Crippen LogP contribution < -0.4 is 5.32 Å². The summed E-state index contributed by atoms with van der Waals surface area (Å²) in [5.41, 5.74) is 0. The highest BCUT2D eigenvalue weighted by molar-refractivity contribution is 6.01. The molecule has 0 saturated carbocycles. The Bertz CT molecular complexity index is 528. The topological polar surface area (TPSA) is 98.4 Å². The van der Waals surface area contributed by atoms with Gasteiger partial charge in [-0.05, 0) is 13.3 Å². The minimum atomic E-state index is -0.302. The number of imide groups is 1. The number of aromatic amines is 1. The zero-order valence-corrected chi connectivity index (χ0v) is 12.1. The van der Waals surface area contributed by atoms with Crippen LogP contribution in [0.4, 0.5) is 4.79 Å². The molecule has 1 aliphatic rings. The van der Waals surface area contributed by atoms with Gasteiger partial charge in [-0.1, -0.05) is 0 Å². The normalized spacial score (nSPS) is 16.5. The van der Waals surface area contributed by atoms with Gasteiger partial charge < -0.3 is 15.2 Å². The number of nitrogens with zero attached hydrogens (tertiary/aromatic N) is 3. The van der Waals surface area contributed by atoms with Gasteiger partial charge in [-0.2, -0.15) is 0 Å². The van der Waals surface area contributed by atoms with Crippen molar-refractivity contribution in [1.82, 2.24) is 25.1 Å². The van der Waals surface area contributed by atoms with Crippen molar-refractivity contribution in [2.45, 2.75) is 25.8 Å². The molecule has 8 heteroatoms. The first-order valence-electron chi connectivity index (χ1n) is 6.83. The fourth-order valence-corrected chi connectivity index (χ4v) is 2.18. The number of rotatable bonds is 6. The van der Waals surface area contributed by atoms with E-state index in [1.54, 1.807) is 19.4 Å². The third kappa shape index (κ3) is 3.59. The quantitative estimate of drug-likeness (QED) is 0.735. The average Bonchev–Trinajstić information content (AvgIpc) is 3.03. The Labute approximate surface area is 122 Å². The largest absolute Gasteiger partial charge is 0.347 e. The molecule has 1 fully saturated rings. The van der Waals surface area contributed by atoms with Crippen molar-refractivity contribution in [1.29, 1.82) is 0 Å². The third-order valence-corrected chi connectivity index (χ3v) is 3.32. The highest BCUT2D eigenvalue weighted by atomic mass is 16.2. The van der Waals surface area contributed by atoms with E-state index in [4.69, 9.17) is 0 Å². The van der Waals surface area contributed by atoms with E-state index < -0.39 is 0 Å². The van der Waals surface area contributed by atoms with E-state index in [9.17, 15) is 14.4 Å². The molecule has 4 amide bonds. The van der Waals surface area contributed by atoms with Crippen LogP contribution in [0.25, 0.3) is 0 Å². The molecule has 1 aromatic heterocycles. The van der Waals surface area contributed by atoms with Gasteiger partial charge in [-0.25, -0.2) is 9.78 Å². The maximum Gasteiger partial charge on any atom is 0.326 e. The molecule has 1 saturated heterocycles. The molecule has 2 rings (SSSR count). The Morgan fingerprint density at radius 1 is 1.52 bits per heavy atom. The molecule has 2 heterocycles. The van der Waals surface area contributed by atoms with E-state index in [-0.39, 0.29) is 43.4 Å². The highest BCUT2D eigenvalue weighted by Crippen LogP contribution is 2.10. The molecule has 0 radical (unpaired) electrons. The number of imidazole rings is 1. The molecule has 0 bridgehead atoms. The molecule has 114 valence electrons. The summed E-state index contributed by atoms with van der Waals surface area (Å²) in [6.45, 7) is 2.21. The van der Waals surface area contributed by atoms with E-state index in [1.807, 2.05) is 6.92 Å². The molecule has 0 aliphatic carbocycles. The Kier molecular flexibility index (Phi) is 4.56. The highest BCUT2D eigenvalue weighted by Gasteiger charge is 2.32. The number of likely N-dealkylation sites (N-methyl/N-ethyl adjacent to an activating group) is 1. The second-order valence-electron chi connectivity index (χ2n) is 5.05. The van der Waals surface area contributed by atoms with Crippen molar-refractivity contribution in [2.75, 3.05) is 20.1 Å². The van der Waals surface area contributed by atoms with Crippen molar-refractivity contribution < 1.29 is 14.4 Å². The van der Waals surface area contributed by atoms with E-state index in [0.29, 0.717) is 12.2 Å². The number of amides is 4. The van der Waals surface area contributed by atoms with E-state index in [1.165, 1.54) is 9.80 Å². The molecule has 1 unspecified atom stereocenters. The lowest BCUT2D eigenvalue weighted by Gasteiger charge is -2.15. The third-order valence-electron chi connectivity index (χ3n) is 3.32. The molecule has 0 aromatic carbocycles. The lowest BCUT2D eigenvalue weighted by Crippen LogP contribution is -2.33. The first-order valence-corrected chi connectivity index (χ1v) is 6.83. The van der Waals surface area contributed by atoms with Gasteiger partial charge in [0, 0.05) is 32.4 Å². The van der Waals surface area contributed by atoms with Crippen molar-refractivity contribution in [2.24, 2.45) is 0 Å². The standard InChI is InChI=1S/C13H19N5O3/c1-9(12-14-5-6-15-12)16-10(19)4-3-7-18-11(20)8-17(2)13(18)21/h5-6,9H,3-4,7-8H2,1-2H3,(H,14,15)(H,16,19). The van der Waals surface area contributed by atoms with Crippen LogP contribution in [-0.2, 0) is 9.59 Å². The van der Waals surface area contributed by atoms with Crippen LogP contribution >= 0.6 is 0 Å². The van der Waals surface area contributed by atoms with E-state index in [0.717, 1.165) is 0 Å². The van der Waals surface area contributed by atoms with Crippen LogP contribution in [0.1, 0.15) is 31.6 Å². The lowest BCUT2D eigenvalue weighted by atomic mass is 10.2. The van der Waals surface area contributed by atoms with Gasteiger partial charge in [-0.3, -0.25) is 14.5 Å². The predicted molar refractivity (Wildman–Crippen MR) is 74.1 cm³/mol. The number of nitrogens with one attached hydrogen (secondary N) is 2. The van der Waals surface area contributed by atoms with Gasteiger partial charge in [0.15, 0.2) is 0 Å². The molecular weight excluding hydrogens is 274 g/mol. The number of hydrogen-bond donors (Lipinski definition) is 2. The van der Waals surface area contributed by atoms with Gasteiger partial charge in [0.1, 0.15) is 12.4 Å². The van der Waals surface area contributed by atoms with Crippen LogP contribution in [-0.4, -0.2) is 57.8 Å². The van der Waals surface area contributed by atoms with Crippen molar-refractivity contribution in [3.8, 4) is 0 Å². The molecule has 0 spiro atoms. The Morgan fingerprint density at radius 2 is 2.29 bits per heavy atom. The summed E-state index contributed by atoms with van der Waals surface area (Å²) in [6.07, 6.45) is 4.02. The number of aromatic nitrogens is 2. The Balaban J connectivity index is 1.72. The first-order chi connectivity index (χ1) is 9.99. The van der Waals surface area contributed by atoms with Gasteiger partial charge in [0.25, 0.3) is 0 Å². The van der Waals surface area contributed by atoms with Crippen molar-refractivity contribution >= 4 is 17.8 Å². The fourth-order valence-electron chi connectivity index (χ4n) is 2.18. The second kappa shape index (κ2) is 6.38. The fraction of sp³-hybridized carbons (Fsp3) is 0.538. The minimum absolute atomic E-state index is 0.112. The molecule has 1 atom stereocenters. The van der Waals surface area contributed by atoms with Crippen molar-refractivity contribution in [3.63, 3.8) is 0 Å². The predicted octanol–water partition coefficient (Wildman–Crippen LogP) is 0.261. The summed E-state index contributed by atoms with van der Waals surface area (Å²) in [6, 6.07) is -0.502. The number of carbonyl (C=O) groups is 3.